The van der Waals surface area contributed by atoms with Gasteiger partial charge in [0.15, 0.2) is 5.78 Å². The fourth-order valence-corrected chi connectivity index (χ4v) is 9.11. The summed E-state index contributed by atoms with van der Waals surface area (Å²) in [7, 11) is 7.04. The Kier molecular flexibility index (Phi) is 26.6. The van der Waals surface area contributed by atoms with Gasteiger partial charge >= 0.3 is 12.1 Å². The van der Waals surface area contributed by atoms with E-state index in [1.165, 1.54) is 45.0 Å². The highest BCUT2D eigenvalue weighted by Crippen LogP contribution is 2.24. The number of nitrogens with zero attached hydrogens (tertiary/aromatic N) is 5. The van der Waals surface area contributed by atoms with Gasteiger partial charge in [-0.3, -0.25) is 33.6 Å². The number of ketones is 1. The van der Waals surface area contributed by atoms with Crippen LogP contribution in [0.1, 0.15) is 106 Å². The zero-order valence-electron chi connectivity index (χ0n) is 47.1. The van der Waals surface area contributed by atoms with E-state index in [9.17, 15) is 53.4 Å². The van der Waals surface area contributed by atoms with Crippen molar-refractivity contribution in [3.63, 3.8) is 0 Å². The Morgan fingerprint density at radius 3 is 1.61 bits per heavy atom. The van der Waals surface area contributed by atoms with E-state index in [2.05, 4.69) is 10.6 Å². The van der Waals surface area contributed by atoms with E-state index >= 15 is 0 Å². The van der Waals surface area contributed by atoms with E-state index in [0.717, 1.165) is 20.3 Å². The average molecular weight is 1050 g/mol. The van der Waals surface area contributed by atoms with Crippen LogP contribution < -0.4 is 10.6 Å². The fraction of sp³-hybridized carbons (Fsp3) is 0.625. The minimum absolute atomic E-state index is 0.00780. The van der Waals surface area contributed by atoms with Crippen LogP contribution in [0.25, 0.3) is 0 Å². The van der Waals surface area contributed by atoms with Crippen molar-refractivity contribution >= 4 is 53.3 Å². The molecule has 0 aromatic heterocycles. The summed E-state index contributed by atoms with van der Waals surface area (Å²) < 4.78 is 5.41. The third-order valence-electron chi connectivity index (χ3n) is 13.7. The predicted octanol–water partition coefficient (Wildman–Crippen LogP) is 4.88. The number of ether oxygens (including phenoxy) is 1. The van der Waals surface area contributed by atoms with E-state index in [-0.39, 0.29) is 37.7 Å². The lowest BCUT2D eigenvalue weighted by molar-refractivity contribution is -0.155. The molecule has 0 radical (unpaired) electrons. The SMILES string of the molecule is CCC(C)[C@@H](C(=O)C[C@@H](CO)C(=O)N(C)[C@@H](Cc1ccccc1)C(=O)N(C)[C@H](C(=O)O)C(C)C)N(C)C(=O)CN(C)C(=O)[C@@H](NC(=O)[C@H](CC(C)C)N(C)C(=O)[C@H](CC(C)C)NC(=O)OCc1ccccc1)C(C)C. The maximum absolute atomic E-state index is 14.3. The molecule has 0 saturated carbocycles. The van der Waals surface area contributed by atoms with Crippen molar-refractivity contribution in [3.8, 4) is 0 Å². The minimum Gasteiger partial charge on any atom is -0.480 e. The second kappa shape index (κ2) is 30.9. The van der Waals surface area contributed by atoms with Crippen molar-refractivity contribution in [1.29, 1.82) is 0 Å². The van der Waals surface area contributed by atoms with E-state index in [1.807, 2.05) is 52.8 Å². The zero-order valence-corrected chi connectivity index (χ0v) is 47.1. The van der Waals surface area contributed by atoms with Gasteiger partial charge in [0.05, 0.1) is 25.1 Å². The van der Waals surface area contributed by atoms with Gasteiger partial charge in [0.1, 0.15) is 36.8 Å². The van der Waals surface area contributed by atoms with Gasteiger partial charge in [0.2, 0.25) is 35.4 Å². The van der Waals surface area contributed by atoms with Crippen LogP contribution in [-0.4, -0.2) is 173 Å². The molecule has 2 aromatic carbocycles. The molecule has 2 rings (SSSR count). The predicted molar refractivity (Wildman–Crippen MR) is 285 cm³/mol. The molecule has 2 aromatic rings. The number of benzene rings is 2. The first kappa shape index (κ1) is 64.7. The van der Waals surface area contributed by atoms with Gasteiger partial charge in [-0.05, 0) is 53.6 Å². The Balaban J connectivity index is 2.33. The number of carboxylic acids is 1. The van der Waals surface area contributed by atoms with Crippen LogP contribution in [0.3, 0.4) is 0 Å². The summed E-state index contributed by atoms with van der Waals surface area (Å²) in [5.74, 6) is -8.30. The maximum Gasteiger partial charge on any atom is 0.408 e. The van der Waals surface area contributed by atoms with Gasteiger partial charge in [0.25, 0.3) is 0 Å². The summed E-state index contributed by atoms with van der Waals surface area (Å²) in [5, 5.41) is 26.1. The van der Waals surface area contributed by atoms with Crippen molar-refractivity contribution in [2.24, 2.45) is 35.5 Å². The molecule has 7 amide bonds. The number of amides is 7. The van der Waals surface area contributed by atoms with Gasteiger partial charge in [-0.15, -0.1) is 0 Å². The molecule has 0 saturated heterocycles. The maximum atomic E-state index is 14.3. The number of likely N-dealkylation sites (N-methyl/N-ethyl adjacent to an activating group) is 5. The van der Waals surface area contributed by atoms with Crippen LogP contribution in [0, 0.1) is 35.5 Å². The molecule has 1 unspecified atom stereocenters. The number of alkyl carbamates (subject to hydrolysis) is 1. The van der Waals surface area contributed by atoms with Crippen molar-refractivity contribution in [1.82, 2.24) is 35.1 Å². The van der Waals surface area contributed by atoms with Gasteiger partial charge in [-0.2, -0.15) is 0 Å². The van der Waals surface area contributed by atoms with Crippen LogP contribution in [-0.2, 0) is 56.1 Å². The monoisotopic (exact) mass is 1050 g/mol. The van der Waals surface area contributed by atoms with E-state index in [0.29, 0.717) is 12.0 Å². The number of carboxylic acid groups (broad SMARTS) is 1. The van der Waals surface area contributed by atoms with Crippen molar-refractivity contribution < 1.29 is 58.1 Å². The van der Waals surface area contributed by atoms with Crippen LogP contribution in [0.15, 0.2) is 60.7 Å². The summed E-state index contributed by atoms with van der Waals surface area (Å²) in [6, 6.07) is 11.2. The third-order valence-corrected chi connectivity index (χ3v) is 13.7. The molecular formula is C56H87N7O12. The molecule has 0 aliphatic carbocycles. The molecule has 0 aliphatic heterocycles. The lowest BCUT2D eigenvalue weighted by atomic mass is 9.88. The zero-order chi connectivity index (χ0) is 57.0. The number of hydrogen-bond acceptors (Lipinski definition) is 11. The Bertz CT molecular complexity index is 2210. The first-order valence-electron chi connectivity index (χ1n) is 26.1. The van der Waals surface area contributed by atoms with Crippen LogP contribution in [0.4, 0.5) is 4.79 Å². The number of aliphatic hydroxyl groups is 1. The lowest BCUT2D eigenvalue weighted by Crippen LogP contribution is -2.59. The van der Waals surface area contributed by atoms with Crippen molar-refractivity contribution in [3.05, 3.63) is 71.8 Å². The molecule has 0 spiro atoms. The molecule has 75 heavy (non-hydrogen) atoms. The first-order valence-corrected chi connectivity index (χ1v) is 26.1. The number of carbonyl (C=O) groups excluding carboxylic acids is 8. The van der Waals surface area contributed by atoms with Gasteiger partial charge in [-0.25, -0.2) is 9.59 Å². The highest BCUT2D eigenvalue weighted by Gasteiger charge is 2.41. The second-order valence-electron chi connectivity index (χ2n) is 21.4. The summed E-state index contributed by atoms with van der Waals surface area (Å²) >= 11 is 0. The molecule has 4 N–H and O–H groups in total. The first-order chi connectivity index (χ1) is 35.1. The van der Waals surface area contributed by atoms with Gasteiger partial charge in [0, 0.05) is 48.1 Å². The average Bonchev–Trinajstić information content (AvgIpc) is 3.35. The summed E-state index contributed by atoms with van der Waals surface area (Å²) in [6.07, 6.45) is -0.366. The van der Waals surface area contributed by atoms with Crippen molar-refractivity contribution in [2.75, 3.05) is 48.4 Å². The summed E-state index contributed by atoms with van der Waals surface area (Å²) in [4.78, 5) is 131. The number of hydrogen-bond donors (Lipinski definition) is 4. The van der Waals surface area contributed by atoms with Crippen LogP contribution >= 0.6 is 0 Å². The number of carbonyl (C=O) groups is 9. The molecular weight excluding hydrogens is 963 g/mol. The lowest BCUT2D eigenvalue weighted by Gasteiger charge is -2.36. The third kappa shape index (κ3) is 19.4. The second-order valence-corrected chi connectivity index (χ2v) is 21.4. The standard InChI is InChI=1S/C56H87N7O12/c1-16-38(10)49(45(65)30-41(32-64)51(68)61(13)44(29-39-23-19-17-20-24-39)53(70)63(15)48(37(8)9)55(72)73)62(14)46(66)31-59(11)54(71)47(36(6)7)58-50(67)43(28-35(4)5)60(12)52(69)42(27-34(2)3)57-56(74)75-33-40-25-21-18-22-26-40/h17-26,34-38,41-44,47-49,64H,16,27-33H2,1-15H3,(H,57,74)(H,58,67)(H,72,73)/t38?,41-,42-,43-,44-,47-,48-,49-/m0/s1. The van der Waals surface area contributed by atoms with Crippen LogP contribution in [0.5, 0.6) is 0 Å². The number of aliphatic hydroxyl groups excluding tert-OH is 1. The van der Waals surface area contributed by atoms with Crippen molar-refractivity contribution in [2.45, 2.75) is 144 Å². The highest BCUT2D eigenvalue weighted by molar-refractivity contribution is 5.97. The fourth-order valence-electron chi connectivity index (χ4n) is 9.11. The molecule has 19 nitrogen and oxygen atoms in total. The molecule has 19 heteroatoms. The topological polar surface area (TPSA) is 244 Å². The van der Waals surface area contributed by atoms with Crippen LogP contribution in [0.2, 0.25) is 0 Å². The molecule has 8 atom stereocenters. The number of nitrogens with one attached hydrogen (secondary N) is 2. The van der Waals surface area contributed by atoms with E-state index in [4.69, 9.17) is 4.74 Å². The van der Waals surface area contributed by atoms with E-state index in [1.54, 1.807) is 77.1 Å². The summed E-state index contributed by atoms with van der Waals surface area (Å²) in [5.41, 5.74) is 1.45. The molecule has 0 heterocycles. The Morgan fingerprint density at radius 1 is 0.600 bits per heavy atom. The Morgan fingerprint density at radius 2 is 1.13 bits per heavy atom. The normalized spacial score (nSPS) is 14.6. The largest absolute Gasteiger partial charge is 0.480 e. The van der Waals surface area contributed by atoms with Gasteiger partial charge in [-0.1, -0.05) is 136 Å². The molecule has 418 valence electrons. The molecule has 0 aliphatic rings. The smallest absolute Gasteiger partial charge is 0.408 e. The Labute approximate surface area is 445 Å². The number of aliphatic carboxylic acids is 1. The number of rotatable bonds is 30. The quantitative estimate of drug-likeness (QED) is 0.0819. The highest BCUT2D eigenvalue weighted by atomic mass is 16.5. The minimum atomic E-state index is -1.33. The number of Topliss-reactive ketones (excluding diaryl/α,β-unsaturated/α-hetero) is 1. The molecule has 0 bridgehead atoms. The van der Waals surface area contributed by atoms with Gasteiger partial charge < -0.3 is 50.1 Å². The molecule has 0 fully saturated rings. The Hall–Kier alpha value is -6.37. The summed E-state index contributed by atoms with van der Waals surface area (Å²) in [6.45, 7) is 16.7. The van der Waals surface area contributed by atoms with E-state index < -0.39 is 133 Å².